The van der Waals surface area contributed by atoms with Gasteiger partial charge in [0, 0.05) is 5.92 Å². The van der Waals surface area contributed by atoms with E-state index < -0.39 is 0 Å². The van der Waals surface area contributed by atoms with Crippen molar-refractivity contribution >= 4 is 5.97 Å². The number of carbonyl (C=O) groups excluding carboxylic acids is 1. The zero-order chi connectivity index (χ0) is 12.0. The Labute approximate surface area is 99.5 Å². The highest BCUT2D eigenvalue weighted by Crippen LogP contribution is 2.55. The molecule has 1 aliphatic heterocycles. The van der Waals surface area contributed by atoms with Gasteiger partial charge in [-0.15, -0.1) is 0 Å². The van der Waals surface area contributed by atoms with Crippen LogP contribution in [0, 0.1) is 11.8 Å². The van der Waals surface area contributed by atoms with Crippen LogP contribution < -0.4 is 9.47 Å². The quantitative estimate of drug-likeness (QED) is 0.733. The fraction of sp³-hybridized carbons (Fsp3) is 0.462. The number of rotatable bonds is 2. The van der Waals surface area contributed by atoms with Gasteiger partial charge in [0.1, 0.15) is 0 Å². The second-order valence-corrected chi connectivity index (χ2v) is 4.55. The van der Waals surface area contributed by atoms with Gasteiger partial charge in [-0.05, 0) is 23.6 Å². The third kappa shape index (κ3) is 1.55. The van der Waals surface area contributed by atoms with E-state index in [2.05, 4.69) is 6.92 Å². The fourth-order valence-electron chi connectivity index (χ4n) is 2.59. The zero-order valence-corrected chi connectivity index (χ0v) is 9.80. The first-order chi connectivity index (χ1) is 8.22. The summed E-state index contributed by atoms with van der Waals surface area (Å²) in [6.45, 7) is 2.34. The number of fused-ring (bicyclic) bond motifs is 1. The van der Waals surface area contributed by atoms with Gasteiger partial charge in [-0.25, -0.2) is 0 Å². The minimum absolute atomic E-state index is 0.0135. The number of hydrogen-bond donors (Lipinski definition) is 0. The van der Waals surface area contributed by atoms with E-state index in [4.69, 9.17) is 14.2 Å². The molecule has 0 N–H and O–H groups in total. The number of benzene rings is 1. The van der Waals surface area contributed by atoms with Gasteiger partial charge in [0.2, 0.25) is 6.79 Å². The Morgan fingerprint density at radius 2 is 2.12 bits per heavy atom. The van der Waals surface area contributed by atoms with E-state index in [1.807, 2.05) is 18.2 Å². The predicted octanol–water partition coefficient (Wildman–Crippen LogP) is 1.94. The lowest BCUT2D eigenvalue weighted by atomic mass is 10.1. The van der Waals surface area contributed by atoms with Crippen molar-refractivity contribution in [2.75, 3.05) is 13.9 Å². The summed E-state index contributed by atoms with van der Waals surface area (Å²) in [5.74, 6) is 1.99. The van der Waals surface area contributed by atoms with Crippen molar-refractivity contribution in [3.05, 3.63) is 23.8 Å². The first-order valence-corrected chi connectivity index (χ1v) is 5.69. The number of esters is 1. The highest BCUT2D eigenvalue weighted by atomic mass is 16.7. The van der Waals surface area contributed by atoms with Crippen molar-refractivity contribution in [1.29, 1.82) is 0 Å². The zero-order valence-electron chi connectivity index (χ0n) is 9.80. The molecule has 3 atom stereocenters. The van der Waals surface area contributed by atoms with E-state index in [9.17, 15) is 4.79 Å². The van der Waals surface area contributed by atoms with E-state index in [0.29, 0.717) is 5.92 Å². The minimum atomic E-state index is -0.125. The summed E-state index contributed by atoms with van der Waals surface area (Å²) in [6, 6.07) is 5.86. The summed E-state index contributed by atoms with van der Waals surface area (Å²) < 4.78 is 15.4. The number of methoxy groups -OCH3 is 1. The Hall–Kier alpha value is -1.71. The molecule has 1 aromatic carbocycles. The van der Waals surface area contributed by atoms with Crippen LogP contribution in [0.3, 0.4) is 0 Å². The van der Waals surface area contributed by atoms with Crippen LogP contribution in [0.1, 0.15) is 18.4 Å². The molecule has 4 heteroatoms. The molecule has 1 aliphatic carbocycles. The van der Waals surface area contributed by atoms with Gasteiger partial charge in [-0.3, -0.25) is 4.79 Å². The number of hydrogen-bond acceptors (Lipinski definition) is 4. The van der Waals surface area contributed by atoms with E-state index in [0.717, 1.165) is 17.1 Å². The van der Waals surface area contributed by atoms with Gasteiger partial charge in [0.15, 0.2) is 11.5 Å². The van der Waals surface area contributed by atoms with Crippen LogP contribution in [-0.4, -0.2) is 19.9 Å². The van der Waals surface area contributed by atoms with E-state index in [-0.39, 0.29) is 24.6 Å². The third-order valence-corrected chi connectivity index (χ3v) is 3.63. The predicted molar refractivity (Wildman–Crippen MR) is 60.0 cm³/mol. The number of carbonyl (C=O) groups is 1. The first kappa shape index (κ1) is 10.4. The lowest BCUT2D eigenvalue weighted by Gasteiger charge is -2.02. The van der Waals surface area contributed by atoms with Crippen LogP contribution in [0.4, 0.5) is 0 Å². The van der Waals surface area contributed by atoms with E-state index >= 15 is 0 Å². The molecule has 2 aliphatic rings. The highest BCUT2D eigenvalue weighted by molar-refractivity contribution is 5.78. The summed E-state index contributed by atoms with van der Waals surface area (Å²) in [7, 11) is 1.43. The van der Waals surface area contributed by atoms with Crippen LogP contribution in [-0.2, 0) is 9.53 Å². The molecular formula is C13H14O4. The monoisotopic (exact) mass is 234 g/mol. The smallest absolute Gasteiger partial charge is 0.309 e. The minimum Gasteiger partial charge on any atom is -0.469 e. The van der Waals surface area contributed by atoms with Crippen molar-refractivity contribution in [1.82, 2.24) is 0 Å². The SMILES string of the molecule is COC(=O)[C@@H]1[C@H](C)[C@@H]1c1ccc2c(c1)OCO2. The van der Waals surface area contributed by atoms with E-state index in [1.54, 1.807) is 0 Å². The number of ether oxygens (including phenoxy) is 3. The van der Waals surface area contributed by atoms with Crippen LogP contribution in [0.2, 0.25) is 0 Å². The average molecular weight is 234 g/mol. The second-order valence-electron chi connectivity index (χ2n) is 4.55. The van der Waals surface area contributed by atoms with Crippen molar-refractivity contribution in [3.8, 4) is 11.5 Å². The molecule has 0 unspecified atom stereocenters. The normalized spacial score (nSPS) is 28.9. The molecule has 0 amide bonds. The van der Waals surface area contributed by atoms with Gasteiger partial charge >= 0.3 is 5.97 Å². The molecule has 1 fully saturated rings. The summed E-state index contributed by atoms with van der Waals surface area (Å²) in [5, 5.41) is 0. The summed E-state index contributed by atoms with van der Waals surface area (Å²) in [5.41, 5.74) is 1.12. The molecular weight excluding hydrogens is 220 g/mol. The van der Waals surface area contributed by atoms with Crippen LogP contribution in [0.25, 0.3) is 0 Å². The molecule has 17 heavy (non-hydrogen) atoms. The Bertz CT molecular complexity index is 468. The lowest BCUT2D eigenvalue weighted by molar-refractivity contribution is -0.142. The lowest BCUT2D eigenvalue weighted by Crippen LogP contribution is -2.04. The molecule has 3 rings (SSSR count). The Morgan fingerprint density at radius 1 is 1.35 bits per heavy atom. The average Bonchev–Trinajstić information content (AvgIpc) is 2.81. The molecule has 0 aromatic heterocycles. The molecule has 1 heterocycles. The topological polar surface area (TPSA) is 44.8 Å². The van der Waals surface area contributed by atoms with Gasteiger partial charge in [0.05, 0.1) is 13.0 Å². The van der Waals surface area contributed by atoms with E-state index in [1.165, 1.54) is 7.11 Å². The second kappa shape index (κ2) is 3.65. The molecule has 1 saturated carbocycles. The summed E-state index contributed by atoms with van der Waals surface area (Å²) in [6.07, 6.45) is 0. The molecule has 0 saturated heterocycles. The van der Waals surface area contributed by atoms with Gasteiger partial charge in [-0.1, -0.05) is 13.0 Å². The van der Waals surface area contributed by atoms with Crippen molar-refractivity contribution < 1.29 is 19.0 Å². The van der Waals surface area contributed by atoms with Gasteiger partial charge in [-0.2, -0.15) is 0 Å². The van der Waals surface area contributed by atoms with Gasteiger partial charge in [0.25, 0.3) is 0 Å². The standard InChI is InChI=1S/C13H14O4/c1-7-11(12(7)13(14)15-2)8-3-4-9-10(5-8)17-6-16-9/h3-5,7,11-12H,6H2,1-2H3/t7-,11-,12-/m1/s1. The molecule has 1 aromatic rings. The van der Waals surface area contributed by atoms with Crippen LogP contribution in [0.5, 0.6) is 11.5 Å². The molecule has 0 spiro atoms. The van der Waals surface area contributed by atoms with Crippen LogP contribution >= 0.6 is 0 Å². The molecule has 0 bridgehead atoms. The summed E-state index contributed by atoms with van der Waals surface area (Å²) in [4.78, 5) is 11.5. The molecule has 90 valence electrons. The maximum absolute atomic E-state index is 11.5. The Kier molecular flexibility index (Phi) is 2.24. The largest absolute Gasteiger partial charge is 0.469 e. The highest BCUT2D eigenvalue weighted by Gasteiger charge is 2.53. The van der Waals surface area contributed by atoms with Crippen molar-refractivity contribution in [2.45, 2.75) is 12.8 Å². The van der Waals surface area contributed by atoms with Crippen molar-refractivity contribution in [3.63, 3.8) is 0 Å². The maximum atomic E-state index is 11.5. The van der Waals surface area contributed by atoms with Crippen LogP contribution in [0.15, 0.2) is 18.2 Å². The van der Waals surface area contributed by atoms with Crippen molar-refractivity contribution in [2.24, 2.45) is 11.8 Å². The maximum Gasteiger partial charge on any atom is 0.309 e. The Balaban J connectivity index is 1.84. The van der Waals surface area contributed by atoms with Gasteiger partial charge < -0.3 is 14.2 Å². The molecule has 0 radical (unpaired) electrons. The first-order valence-electron chi connectivity index (χ1n) is 5.69. The summed E-state index contributed by atoms with van der Waals surface area (Å²) >= 11 is 0. The Morgan fingerprint density at radius 3 is 2.88 bits per heavy atom. The fourth-order valence-corrected chi connectivity index (χ4v) is 2.59. The molecule has 4 nitrogen and oxygen atoms in total. The third-order valence-electron chi connectivity index (χ3n) is 3.63.